The van der Waals surface area contributed by atoms with Gasteiger partial charge >= 0.3 is 0 Å². The molecule has 2 saturated heterocycles. The highest BCUT2D eigenvalue weighted by atomic mass is 33.2. The van der Waals surface area contributed by atoms with Crippen molar-refractivity contribution in [3.8, 4) is 0 Å². The molecule has 2 rings (SSSR count). The van der Waals surface area contributed by atoms with Crippen LogP contribution >= 0.6 is 137 Å². The topological polar surface area (TPSA) is 0 Å². The lowest BCUT2D eigenvalue weighted by Crippen LogP contribution is -2.42. The van der Waals surface area contributed by atoms with Crippen LogP contribution in [0.4, 0.5) is 0 Å². The summed E-state index contributed by atoms with van der Waals surface area (Å²) in [7, 11) is -1.94. The van der Waals surface area contributed by atoms with Crippen LogP contribution in [0, 0.1) is 0 Å². The first kappa shape index (κ1) is 28.4. The molecule has 0 nitrogen and oxygen atoms in total. The molecule has 2 atom stereocenters. The molecule has 0 spiro atoms. The fourth-order valence-electron chi connectivity index (χ4n) is 3.32. The molecule has 0 aliphatic carbocycles. The van der Waals surface area contributed by atoms with Crippen LogP contribution in [0.25, 0.3) is 0 Å². The molecule has 0 N–H and O–H groups in total. The van der Waals surface area contributed by atoms with Gasteiger partial charge in [-0.2, -0.15) is 43.4 Å². The molecule has 28 heavy (non-hydrogen) atoms. The predicted octanol–water partition coefficient (Wildman–Crippen LogP) is 8.18. The Hall–Kier alpha value is 4.20. The van der Waals surface area contributed by atoms with Gasteiger partial charge in [-0.1, -0.05) is 0 Å². The molecule has 2 aliphatic rings. The summed E-state index contributed by atoms with van der Waals surface area (Å²) in [6.07, 6.45) is 13.3. The van der Waals surface area contributed by atoms with E-state index in [9.17, 15) is 0 Å². The Morgan fingerprint density at radius 2 is 1.39 bits per heavy atom. The molecule has 0 bridgehead atoms. The third kappa shape index (κ3) is 8.45. The van der Waals surface area contributed by atoms with Crippen LogP contribution in [0.2, 0.25) is 0 Å². The number of rotatable bonds is 9. The van der Waals surface area contributed by atoms with Crippen LogP contribution in [0.1, 0.15) is 19.3 Å². The zero-order valence-corrected chi connectivity index (χ0v) is 26.9. The van der Waals surface area contributed by atoms with E-state index in [1.165, 1.54) is 30.8 Å². The number of hydrogen-bond donors (Lipinski definition) is 4. The van der Waals surface area contributed by atoms with Crippen molar-refractivity contribution in [3.63, 3.8) is 0 Å². The van der Waals surface area contributed by atoms with Crippen molar-refractivity contribution in [3.05, 3.63) is 0 Å². The Kier molecular flexibility index (Phi) is 13.0. The van der Waals surface area contributed by atoms with Crippen LogP contribution in [0.15, 0.2) is 0 Å². The summed E-state index contributed by atoms with van der Waals surface area (Å²) in [4.78, 5) is 0. The van der Waals surface area contributed by atoms with Gasteiger partial charge in [0.15, 0.2) is 0 Å². The summed E-state index contributed by atoms with van der Waals surface area (Å²) < 4.78 is 2.77. The van der Waals surface area contributed by atoms with Crippen molar-refractivity contribution in [2.75, 3.05) is 46.7 Å². The molecule has 170 valence electrons. The molecule has 0 saturated carbocycles. The van der Waals surface area contributed by atoms with Crippen molar-refractivity contribution in [1.82, 2.24) is 0 Å². The maximum atomic E-state index is 5.14. The van der Waals surface area contributed by atoms with E-state index in [4.69, 9.17) is 23.3 Å². The third-order valence-electron chi connectivity index (χ3n) is 4.53. The molecule has 0 aromatic heterocycles. The Labute approximate surface area is 222 Å². The van der Waals surface area contributed by atoms with Crippen LogP contribution in [0.5, 0.6) is 0 Å². The Bertz CT molecular complexity index is 439. The minimum absolute atomic E-state index is 0.267. The van der Waals surface area contributed by atoms with Gasteiger partial charge in [0, 0.05) is 14.8 Å². The average molecular weight is 611 g/mol. The van der Waals surface area contributed by atoms with Gasteiger partial charge in [-0.05, 0) is 55.8 Å². The fourth-order valence-corrected chi connectivity index (χ4v) is 27.3. The zero-order chi connectivity index (χ0) is 21.0. The lowest BCUT2D eigenvalue weighted by Gasteiger charge is -2.53. The van der Waals surface area contributed by atoms with Gasteiger partial charge in [-0.3, -0.25) is 0 Å². The molecule has 2 unspecified atom stereocenters. The highest BCUT2D eigenvalue weighted by Gasteiger charge is 2.50. The molecule has 2 fully saturated rings. The molecule has 0 aromatic rings. The van der Waals surface area contributed by atoms with E-state index in [0.29, 0.717) is 18.3 Å². The highest BCUT2D eigenvalue weighted by molar-refractivity contribution is 8.97. The smallest absolute Gasteiger partial charge is 0.0838 e. The summed E-state index contributed by atoms with van der Waals surface area (Å²) >= 11 is 32.3. The van der Waals surface area contributed by atoms with Crippen molar-refractivity contribution in [1.29, 1.82) is 0 Å². The first-order chi connectivity index (χ1) is 13.0. The maximum absolute atomic E-state index is 5.14. The normalized spacial score (nSPS) is 30.4. The third-order valence-corrected chi connectivity index (χ3v) is 23.5. The van der Waals surface area contributed by atoms with E-state index < -0.39 is 18.1 Å². The molecule has 12 heteroatoms. The quantitative estimate of drug-likeness (QED) is 0.117. The molecule has 0 aromatic carbocycles. The molecular formula is C16H34S12. The maximum Gasteiger partial charge on any atom is 0.0838 e. The van der Waals surface area contributed by atoms with E-state index in [1.54, 1.807) is 0 Å². The van der Waals surface area contributed by atoms with Gasteiger partial charge in [0.1, 0.15) is 0 Å². The first-order valence-electron chi connectivity index (χ1n) is 8.95. The van der Waals surface area contributed by atoms with Crippen LogP contribution < -0.4 is 0 Å². The molecule has 0 amide bonds. The summed E-state index contributed by atoms with van der Waals surface area (Å²) in [5.74, 6) is 2.58. The Morgan fingerprint density at radius 3 is 1.79 bits per heavy atom. The van der Waals surface area contributed by atoms with E-state index >= 15 is 0 Å². The van der Waals surface area contributed by atoms with Crippen molar-refractivity contribution >= 4 is 137 Å². The van der Waals surface area contributed by atoms with Gasteiger partial charge in [0.25, 0.3) is 0 Å². The van der Waals surface area contributed by atoms with Gasteiger partial charge < -0.3 is 0 Å². The first-order valence-corrected chi connectivity index (χ1v) is 23.3. The summed E-state index contributed by atoms with van der Waals surface area (Å²) in [5, 5.41) is 1.82. The number of hydrogen-bond acceptors (Lipinski definition) is 10. The van der Waals surface area contributed by atoms with Gasteiger partial charge in [0.05, 0.1) is 17.8 Å². The second kappa shape index (κ2) is 12.8. The monoisotopic (exact) mass is 610 g/mol. The molecular weight excluding hydrogens is 577 g/mol. The minimum Gasteiger partial charge on any atom is -0.190 e. The number of thioether (sulfide) groups is 6. The standard InChI is InChI=1S/C16H34S12/c1-27(2,19)14(28(3,4)20)9-16(23-6-5-7-24-16)15-25-12(21-10-17)8-13(26-15)22-11-18/h12-15,17-20H,5-11H2,1-4H3. The van der Waals surface area contributed by atoms with E-state index in [-0.39, 0.29) is 4.08 Å². The minimum atomic E-state index is -0.971. The molecule has 0 radical (unpaired) electrons. The SMILES string of the molecule is CS(C)(S)C(CC1(C2SC(SCS)CC(SCS)S2)SCCCS1)S(C)(C)S. The van der Waals surface area contributed by atoms with Crippen molar-refractivity contribution < 1.29 is 0 Å². The molecule has 2 heterocycles. The zero-order valence-electron chi connectivity index (χ0n) is 16.8. The predicted molar refractivity (Wildman–Crippen MR) is 172 cm³/mol. The van der Waals surface area contributed by atoms with Crippen LogP contribution in [0.3, 0.4) is 0 Å². The fraction of sp³-hybridized carbons (Fsp3) is 1.00. The van der Waals surface area contributed by atoms with Crippen LogP contribution in [-0.4, -0.2) is 69.1 Å². The second-order valence-electron chi connectivity index (χ2n) is 7.49. The van der Waals surface area contributed by atoms with Crippen molar-refractivity contribution in [2.24, 2.45) is 0 Å². The summed E-state index contributed by atoms with van der Waals surface area (Å²) in [6.45, 7) is 0. The second-order valence-corrected chi connectivity index (χ2v) is 30.5. The summed E-state index contributed by atoms with van der Waals surface area (Å²) in [6, 6.07) is 0. The summed E-state index contributed by atoms with van der Waals surface area (Å²) in [5.41, 5.74) is 0. The average Bonchev–Trinajstić information content (AvgIpc) is 2.59. The lowest BCUT2D eigenvalue weighted by atomic mass is 10.3. The van der Waals surface area contributed by atoms with E-state index in [0.717, 1.165) is 10.2 Å². The van der Waals surface area contributed by atoms with Gasteiger partial charge in [-0.15, -0.1) is 93.9 Å². The Morgan fingerprint density at radius 1 is 0.929 bits per heavy atom. The molecule has 2 aliphatic heterocycles. The van der Waals surface area contributed by atoms with E-state index in [1.807, 2.05) is 23.5 Å². The van der Waals surface area contributed by atoms with Crippen molar-refractivity contribution in [2.45, 2.75) is 41.7 Å². The lowest BCUT2D eigenvalue weighted by molar-refractivity contribution is 0.795. The largest absolute Gasteiger partial charge is 0.190 e. The van der Waals surface area contributed by atoms with E-state index in [2.05, 4.69) is 97.3 Å². The van der Waals surface area contributed by atoms with Crippen LogP contribution in [-0.2, 0) is 0 Å². The van der Waals surface area contributed by atoms with Gasteiger partial charge in [0.2, 0.25) is 0 Å². The Balaban J connectivity index is 2.31. The van der Waals surface area contributed by atoms with Gasteiger partial charge in [-0.25, -0.2) is 0 Å². The highest BCUT2D eigenvalue weighted by Crippen LogP contribution is 2.72. The number of thiol groups is 4.